The molecule has 2 unspecified atom stereocenters. The molecule has 1 aliphatic heterocycles. The standard InChI is InChI=1S/C5H8S/c1-4-2-6-3-5(1)4/h4-5H,1-3H2. The fraction of sp³-hybridized carbons (Fsp3) is 1.00. The molecule has 2 aliphatic rings. The molecule has 0 N–H and O–H groups in total. The van der Waals surface area contributed by atoms with E-state index in [1.807, 2.05) is 0 Å². The summed E-state index contributed by atoms with van der Waals surface area (Å²) < 4.78 is 0. The van der Waals surface area contributed by atoms with Gasteiger partial charge >= 0.3 is 0 Å². The van der Waals surface area contributed by atoms with Crippen LogP contribution < -0.4 is 0 Å². The van der Waals surface area contributed by atoms with Crippen LogP contribution in [0.3, 0.4) is 0 Å². The van der Waals surface area contributed by atoms with Crippen LogP contribution in [0.2, 0.25) is 0 Å². The van der Waals surface area contributed by atoms with Crippen molar-refractivity contribution >= 4 is 11.8 Å². The third-order valence-corrected chi connectivity index (χ3v) is 3.06. The van der Waals surface area contributed by atoms with E-state index in [9.17, 15) is 0 Å². The highest BCUT2D eigenvalue weighted by molar-refractivity contribution is 7.99. The second-order valence-electron chi connectivity index (χ2n) is 2.29. The molecule has 0 aromatic heterocycles. The predicted octanol–water partition coefficient (Wildman–Crippen LogP) is 1.37. The molecule has 6 heavy (non-hydrogen) atoms. The highest BCUT2D eigenvalue weighted by Crippen LogP contribution is 2.48. The molecule has 1 saturated carbocycles. The molecule has 2 atom stereocenters. The molecule has 0 bridgehead atoms. The van der Waals surface area contributed by atoms with E-state index < -0.39 is 0 Å². The molecule has 1 heterocycles. The van der Waals surface area contributed by atoms with Crippen molar-refractivity contribution in [3.8, 4) is 0 Å². The SMILES string of the molecule is C1SCC2CC12. The fourth-order valence-corrected chi connectivity index (χ4v) is 2.65. The van der Waals surface area contributed by atoms with Gasteiger partial charge in [0.05, 0.1) is 0 Å². The smallest absolute Gasteiger partial charge is 0.00360 e. The van der Waals surface area contributed by atoms with Crippen molar-refractivity contribution in [3.05, 3.63) is 0 Å². The molecule has 34 valence electrons. The van der Waals surface area contributed by atoms with Crippen LogP contribution in [0, 0.1) is 11.8 Å². The lowest BCUT2D eigenvalue weighted by Crippen LogP contribution is -1.69. The lowest BCUT2D eigenvalue weighted by atomic mass is 10.4. The van der Waals surface area contributed by atoms with Gasteiger partial charge in [0.25, 0.3) is 0 Å². The molecule has 0 amide bonds. The van der Waals surface area contributed by atoms with Crippen LogP contribution in [-0.4, -0.2) is 11.5 Å². The molecule has 1 aliphatic carbocycles. The van der Waals surface area contributed by atoms with Crippen molar-refractivity contribution in [1.29, 1.82) is 0 Å². The topological polar surface area (TPSA) is 0 Å². The van der Waals surface area contributed by atoms with Gasteiger partial charge in [0.2, 0.25) is 0 Å². The summed E-state index contributed by atoms with van der Waals surface area (Å²) in [6, 6.07) is 0. The number of thioether (sulfide) groups is 1. The zero-order valence-electron chi connectivity index (χ0n) is 3.68. The minimum absolute atomic E-state index is 1.18. The number of rotatable bonds is 0. The Morgan fingerprint density at radius 1 is 1.17 bits per heavy atom. The van der Waals surface area contributed by atoms with Crippen LogP contribution in [0.15, 0.2) is 0 Å². The first-order chi connectivity index (χ1) is 2.97. The first-order valence-electron chi connectivity index (χ1n) is 2.54. The van der Waals surface area contributed by atoms with Gasteiger partial charge in [-0.3, -0.25) is 0 Å². The third kappa shape index (κ3) is 0.320. The highest BCUT2D eigenvalue weighted by Gasteiger charge is 2.41. The molecular weight excluding hydrogens is 92.1 g/mol. The summed E-state index contributed by atoms with van der Waals surface area (Å²) in [6.07, 6.45) is 1.56. The van der Waals surface area contributed by atoms with Gasteiger partial charge in [-0.05, 0) is 29.8 Å². The molecule has 2 rings (SSSR count). The van der Waals surface area contributed by atoms with E-state index in [-0.39, 0.29) is 0 Å². The van der Waals surface area contributed by atoms with Gasteiger partial charge in [-0.2, -0.15) is 11.8 Å². The minimum Gasteiger partial charge on any atom is -0.161 e. The lowest BCUT2D eigenvalue weighted by Gasteiger charge is -1.82. The Labute approximate surface area is 42.3 Å². The van der Waals surface area contributed by atoms with Gasteiger partial charge in [-0.15, -0.1) is 0 Å². The Bertz CT molecular complexity index is 62.3. The Morgan fingerprint density at radius 2 is 1.83 bits per heavy atom. The summed E-state index contributed by atoms with van der Waals surface area (Å²) in [5.74, 6) is 5.31. The molecule has 1 heteroatoms. The van der Waals surface area contributed by atoms with Crippen LogP contribution >= 0.6 is 11.8 Å². The van der Waals surface area contributed by atoms with Crippen molar-refractivity contribution in [3.63, 3.8) is 0 Å². The predicted molar refractivity (Wildman–Crippen MR) is 28.9 cm³/mol. The number of hydrogen-bond donors (Lipinski definition) is 0. The summed E-state index contributed by atoms with van der Waals surface area (Å²) in [7, 11) is 0. The van der Waals surface area contributed by atoms with Crippen LogP contribution in [0.1, 0.15) is 6.42 Å². The van der Waals surface area contributed by atoms with Crippen molar-refractivity contribution in [2.24, 2.45) is 11.8 Å². The van der Waals surface area contributed by atoms with Crippen molar-refractivity contribution in [2.75, 3.05) is 11.5 Å². The number of fused-ring (bicyclic) bond motifs is 1. The Morgan fingerprint density at radius 3 is 2.00 bits per heavy atom. The first-order valence-corrected chi connectivity index (χ1v) is 3.70. The summed E-state index contributed by atoms with van der Waals surface area (Å²) in [6.45, 7) is 0. The van der Waals surface area contributed by atoms with Crippen LogP contribution in [0.4, 0.5) is 0 Å². The largest absolute Gasteiger partial charge is 0.161 e. The van der Waals surface area contributed by atoms with Gasteiger partial charge < -0.3 is 0 Å². The minimum atomic E-state index is 1.18. The molecule has 0 radical (unpaired) electrons. The summed E-state index contributed by atoms with van der Waals surface area (Å²) >= 11 is 2.13. The van der Waals surface area contributed by atoms with E-state index >= 15 is 0 Å². The normalized spacial score (nSPS) is 52.0. The Hall–Kier alpha value is 0.350. The molecular formula is C5H8S. The second-order valence-corrected chi connectivity index (χ2v) is 3.37. The maximum absolute atomic E-state index is 2.13. The van der Waals surface area contributed by atoms with E-state index in [0.717, 1.165) is 0 Å². The van der Waals surface area contributed by atoms with E-state index in [1.165, 1.54) is 23.3 Å². The lowest BCUT2D eigenvalue weighted by molar-refractivity contribution is 0.895. The maximum atomic E-state index is 2.13. The quantitative estimate of drug-likeness (QED) is 0.443. The van der Waals surface area contributed by atoms with E-state index in [4.69, 9.17) is 0 Å². The van der Waals surface area contributed by atoms with Crippen molar-refractivity contribution < 1.29 is 0 Å². The molecule has 0 aromatic carbocycles. The summed E-state index contributed by atoms with van der Waals surface area (Å²) in [4.78, 5) is 0. The average molecular weight is 100 g/mol. The van der Waals surface area contributed by atoms with Gasteiger partial charge in [0, 0.05) is 0 Å². The molecule has 0 spiro atoms. The monoisotopic (exact) mass is 100 g/mol. The van der Waals surface area contributed by atoms with Crippen LogP contribution in [-0.2, 0) is 0 Å². The van der Waals surface area contributed by atoms with Gasteiger partial charge in [0.1, 0.15) is 0 Å². The van der Waals surface area contributed by atoms with Gasteiger partial charge in [0.15, 0.2) is 0 Å². The van der Waals surface area contributed by atoms with E-state index in [0.29, 0.717) is 0 Å². The molecule has 0 nitrogen and oxygen atoms in total. The molecule has 1 saturated heterocycles. The Balaban J connectivity index is 2.09. The fourth-order valence-electron chi connectivity index (χ4n) is 1.09. The summed E-state index contributed by atoms with van der Waals surface area (Å²) in [5, 5.41) is 0. The number of hydrogen-bond acceptors (Lipinski definition) is 1. The Kier molecular flexibility index (Phi) is 0.530. The first kappa shape index (κ1) is 3.36. The maximum Gasteiger partial charge on any atom is -0.00360 e. The summed E-state index contributed by atoms with van der Waals surface area (Å²) in [5.41, 5.74) is 0. The zero-order valence-corrected chi connectivity index (χ0v) is 4.50. The van der Waals surface area contributed by atoms with Gasteiger partial charge in [-0.1, -0.05) is 0 Å². The van der Waals surface area contributed by atoms with Gasteiger partial charge in [-0.25, -0.2) is 0 Å². The average Bonchev–Trinajstić information content (AvgIpc) is 2.17. The third-order valence-electron chi connectivity index (χ3n) is 1.73. The van der Waals surface area contributed by atoms with Crippen molar-refractivity contribution in [1.82, 2.24) is 0 Å². The van der Waals surface area contributed by atoms with E-state index in [1.54, 1.807) is 6.42 Å². The van der Waals surface area contributed by atoms with Crippen LogP contribution in [0.5, 0.6) is 0 Å². The molecule has 0 aromatic rings. The highest BCUT2D eigenvalue weighted by atomic mass is 32.2. The second kappa shape index (κ2) is 0.945. The molecule has 2 fully saturated rings. The van der Waals surface area contributed by atoms with Crippen molar-refractivity contribution in [2.45, 2.75) is 6.42 Å². The zero-order chi connectivity index (χ0) is 3.98. The van der Waals surface area contributed by atoms with Crippen LogP contribution in [0.25, 0.3) is 0 Å². The van der Waals surface area contributed by atoms with E-state index in [2.05, 4.69) is 11.8 Å².